The van der Waals surface area contributed by atoms with Crippen molar-refractivity contribution in [3.05, 3.63) is 60.2 Å². The van der Waals surface area contributed by atoms with Crippen molar-refractivity contribution in [2.75, 3.05) is 0 Å². The molecule has 26 heavy (non-hydrogen) atoms. The van der Waals surface area contributed by atoms with Gasteiger partial charge in [-0.1, -0.05) is 12.1 Å². The fourth-order valence-corrected chi connectivity index (χ4v) is 3.53. The van der Waals surface area contributed by atoms with E-state index in [9.17, 15) is 13.2 Å². The first-order valence-corrected chi connectivity index (χ1v) is 9.31. The summed E-state index contributed by atoms with van der Waals surface area (Å²) in [5.41, 5.74) is 1.23. The number of sulfonamides is 1. The summed E-state index contributed by atoms with van der Waals surface area (Å²) in [6.45, 7) is 3.09. The van der Waals surface area contributed by atoms with E-state index in [0.717, 1.165) is 5.56 Å². The van der Waals surface area contributed by atoms with Crippen LogP contribution >= 0.6 is 0 Å². The lowest BCUT2D eigenvalue weighted by atomic mass is 10.2. The van der Waals surface area contributed by atoms with E-state index in [-0.39, 0.29) is 10.7 Å². The van der Waals surface area contributed by atoms with Gasteiger partial charge in [-0.2, -0.15) is 5.10 Å². The molecule has 0 aliphatic heterocycles. The Labute approximate surface area is 150 Å². The number of nitrogens with zero attached hydrogens (tertiary/aromatic N) is 3. The van der Waals surface area contributed by atoms with Crippen LogP contribution < -0.4 is 4.72 Å². The summed E-state index contributed by atoms with van der Waals surface area (Å²) < 4.78 is 27.6. The van der Waals surface area contributed by atoms with E-state index < -0.39 is 16.1 Å². The van der Waals surface area contributed by atoms with E-state index in [2.05, 4.69) is 24.9 Å². The Morgan fingerprint density at radius 1 is 1.12 bits per heavy atom. The van der Waals surface area contributed by atoms with Crippen LogP contribution in [0.25, 0.3) is 11.4 Å². The zero-order chi connectivity index (χ0) is 18.7. The second-order valence-corrected chi connectivity index (χ2v) is 7.42. The van der Waals surface area contributed by atoms with Crippen molar-refractivity contribution in [3.8, 4) is 11.4 Å². The summed E-state index contributed by atoms with van der Waals surface area (Å²) in [5.74, 6) is 0.723. The maximum atomic E-state index is 12.5. The molecule has 134 valence electrons. The molecule has 0 spiro atoms. The molecule has 1 aromatic carbocycles. The molecule has 0 saturated heterocycles. The largest absolute Gasteiger partial charge is 0.295 e. The Morgan fingerprint density at radius 3 is 2.38 bits per heavy atom. The van der Waals surface area contributed by atoms with Crippen molar-refractivity contribution in [1.29, 1.82) is 0 Å². The average Bonchev–Trinajstić information content (AvgIpc) is 3.12. The molecule has 1 atom stereocenters. The number of carbonyl (C=O) groups is 1. The first-order chi connectivity index (χ1) is 12.4. The van der Waals surface area contributed by atoms with Gasteiger partial charge in [0.05, 0.1) is 10.9 Å². The topological polar surface area (TPSA) is 118 Å². The van der Waals surface area contributed by atoms with E-state index in [1.807, 2.05) is 0 Å². The zero-order valence-corrected chi connectivity index (χ0v) is 15.0. The highest BCUT2D eigenvalue weighted by Gasteiger charge is 2.21. The van der Waals surface area contributed by atoms with Gasteiger partial charge in [-0.15, -0.1) is 0 Å². The number of aromatic amines is 1. The van der Waals surface area contributed by atoms with Gasteiger partial charge < -0.3 is 0 Å². The minimum atomic E-state index is -3.76. The van der Waals surface area contributed by atoms with Crippen molar-refractivity contribution in [2.45, 2.75) is 24.8 Å². The summed E-state index contributed by atoms with van der Waals surface area (Å²) in [5, 5.41) is 6.85. The number of pyridine rings is 1. The van der Waals surface area contributed by atoms with Gasteiger partial charge >= 0.3 is 0 Å². The third-order valence-corrected chi connectivity index (χ3v) is 5.31. The zero-order valence-electron chi connectivity index (χ0n) is 14.2. The van der Waals surface area contributed by atoms with Crippen molar-refractivity contribution >= 4 is 15.8 Å². The molecule has 8 nitrogen and oxygen atoms in total. The Hall–Kier alpha value is -2.91. The van der Waals surface area contributed by atoms with Crippen LogP contribution in [-0.4, -0.2) is 34.4 Å². The van der Waals surface area contributed by atoms with Crippen LogP contribution in [-0.2, 0) is 10.0 Å². The summed E-state index contributed by atoms with van der Waals surface area (Å²) >= 11 is 0. The molecule has 0 fully saturated rings. The van der Waals surface area contributed by atoms with E-state index in [1.165, 1.54) is 31.2 Å². The quantitative estimate of drug-likeness (QED) is 0.641. The lowest BCUT2D eigenvalue weighted by molar-refractivity contribution is 0.101. The number of H-pyrrole nitrogens is 1. The number of hydrogen-bond acceptors (Lipinski definition) is 6. The fraction of sp³-hybridized carbons (Fsp3) is 0.176. The van der Waals surface area contributed by atoms with E-state index in [1.54, 1.807) is 31.5 Å². The van der Waals surface area contributed by atoms with Crippen LogP contribution in [0.15, 0.2) is 53.7 Å². The Kier molecular flexibility index (Phi) is 4.92. The molecule has 0 amide bonds. The Morgan fingerprint density at radius 2 is 1.77 bits per heavy atom. The van der Waals surface area contributed by atoms with Crippen LogP contribution in [0.3, 0.4) is 0 Å². The number of rotatable bonds is 6. The highest BCUT2D eigenvalue weighted by atomic mass is 32.2. The van der Waals surface area contributed by atoms with Gasteiger partial charge in [0.2, 0.25) is 10.0 Å². The van der Waals surface area contributed by atoms with Gasteiger partial charge in [-0.25, -0.2) is 18.1 Å². The van der Waals surface area contributed by atoms with Gasteiger partial charge in [0.25, 0.3) is 0 Å². The number of Topliss-reactive ketones (excluding diaryl/α,β-unsaturated/α-hetero) is 1. The minimum absolute atomic E-state index is 0.0724. The van der Waals surface area contributed by atoms with Crippen LogP contribution in [0.2, 0.25) is 0 Å². The standard InChI is InChI=1S/C17H17N5O3S/c1-11(16-19-17(21-20-16)14-7-9-18-10-8-14)22-26(24,25)15-5-3-13(4-6-15)12(2)23/h3-11,22H,1-2H3,(H,19,20,21). The van der Waals surface area contributed by atoms with Crippen LogP contribution in [0.5, 0.6) is 0 Å². The molecule has 2 N–H and O–H groups in total. The molecule has 1 unspecified atom stereocenters. The summed E-state index contributed by atoms with van der Waals surface area (Å²) in [7, 11) is -3.76. The molecule has 0 saturated carbocycles. The monoisotopic (exact) mass is 371 g/mol. The lowest BCUT2D eigenvalue weighted by Gasteiger charge is -2.12. The average molecular weight is 371 g/mol. The van der Waals surface area contributed by atoms with E-state index >= 15 is 0 Å². The SMILES string of the molecule is CC(=O)c1ccc(S(=O)(=O)NC(C)c2nc(-c3ccncc3)n[nH]2)cc1. The highest BCUT2D eigenvalue weighted by Crippen LogP contribution is 2.18. The molecule has 2 heterocycles. The van der Waals surface area contributed by atoms with Gasteiger partial charge in [-0.05, 0) is 38.1 Å². The van der Waals surface area contributed by atoms with Gasteiger partial charge in [0.15, 0.2) is 11.6 Å². The first kappa shape index (κ1) is 17.9. The van der Waals surface area contributed by atoms with Gasteiger partial charge in [0.1, 0.15) is 5.82 Å². The minimum Gasteiger partial charge on any atom is -0.295 e. The number of benzene rings is 1. The normalized spacial score (nSPS) is 12.7. The van der Waals surface area contributed by atoms with Crippen LogP contribution in [0.4, 0.5) is 0 Å². The summed E-state index contributed by atoms with van der Waals surface area (Å²) in [6, 6.07) is 8.67. The molecule has 3 rings (SSSR count). The van der Waals surface area contributed by atoms with E-state index in [4.69, 9.17) is 0 Å². The number of aromatic nitrogens is 4. The second-order valence-electron chi connectivity index (χ2n) is 5.70. The van der Waals surface area contributed by atoms with Crippen molar-refractivity contribution in [2.24, 2.45) is 0 Å². The molecule has 0 bridgehead atoms. The second kappa shape index (κ2) is 7.14. The molecule has 0 aliphatic carbocycles. The van der Waals surface area contributed by atoms with Crippen molar-refractivity contribution < 1.29 is 13.2 Å². The Balaban J connectivity index is 1.77. The summed E-state index contributed by atoms with van der Waals surface area (Å²) in [6.07, 6.45) is 3.25. The Bertz CT molecular complexity index is 1010. The number of nitrogens with one attached hydrogen (secondary N) is 2. The van der Waals surface area contributed by atoms with Crippen LogP contribution in [0.1, 0.15) is 36.1 Å². The molecule has 0 radical (unpaired) electrons. The van der Waals surface area contributed by atoms with Crippen LogP contribution in [0, 0.1) is 0 Å². The lowest BCUT2D eigenvalue weighted by Crippen LogP contribution is -2.27. The summed E-state index contributed by atoms with van der Waals surface area (Å²) in [4.78, 5) is 19.6. The predicted octanol–water partition coefficient (Wildman–Crippen LogP) is 2.11. The van der Waals surface area contributed by atoms with Crippen molar-refractivity contribution in [3.63, 3.8) is 0 Å². The predicted molar refractivity (Wildman–Crippen MR) is 94.8 cm³/mol. The number of ketones is 1. The fourth-order valence-electron chi connectivity index (χ4n) is 2.32. The van der Waals surface area contributed by atoms with Crippen molar-refractivity contribution in [1.82, 2.24) is 24.9 Å². The first-order valence-electron chi connectivity index (χ1n) is 7.83. The third-order valence-electron chi connectivity index (χ3n) is 3.75. The van der Waals surface area contributed by atoms with E-state index in [0.29, 0.717) is 17.2 Å². The maximum absolute atomic E-state index is 12.5. The molecular formula is C17H17N5O3S. The highest BCUT2D eigenvalue weighted by molar-refractivity contribution is 7.89. The van der Waals surface area contributed by atoms with Gasteiger partial charge in [-0.3, -0.25) is 14.9 Å². The third kappa shape index (κ3) is 3.84. The number of carbonyl (C=O) groups excluding carboxylic acids is 1. The number of hydrogen-bond donors (Lipinski definition) is 2. The molecule has 3 aromatic rings. The molecule has 2 aromatic heterocycles. The molecular weight excluding hydrogens is 354 g/mol. The molecule has 9 heteroatoms. The smallest absolute Gasteiger partial charge is 0.241 e. The van der Waals surface area contributed by atoms with Gasteiger partial charge in [0, 0.05) is 23.5 Å². The maximum Gasteiger partial charge on any atom is 0.241 e. The molecule has 0 aliphatic rings.